The molecule has 4 nitrogen and oxygen atoms in total. The van der Waals surface area contributed by atoms with Crippen LogP contribution in [0.2, 0.25) is 0 Å². The van der Waals surface area contributed by atoms with E-state index in [2.05, 4.69) is 20.8 Å². The van der Waals surface area contributed by atoms with E-state index in [1.54, 1.807) is 6.07 Å². The molecule has 1 aliphatic heterocycles. The number of aromatic hydroxyl groups is 1. The number of nitrogens with zero attached hydrogens (tertiary/aromatic N) is 1. The molecule has 1 aliphatic rings. The zero-order chi connectivity index (χ0) is 14.5. The van der Waals surface area contributed by atoms with Gasteiger partial charge in [-0.2, -0.15) is 0 Å². The fourth-order valence-electron chi connectivity index (χ4n) is 2.51. The summed E-state index contributed by atoms with van der Waals surface area (Å²) in [4.78, 5) is 13.9. The Morgan fingerprint density at radius 3 is 2.80 bits per heavy atom. The molecule has 0 aliphatic carbocycles. The van der Waals surface area contributed by atoms with E-state index in [0.29, 0.717) is 18.9 Å². The van der Waals surface area contributed by atoms with Crippen molar-refractivity contribution in [1.82, 2.24) is 4.90 Å². The second kappa shape index (κ2) is 7.09. The van der Waals surface area contributed by atoms with Gasteiger partial charge in [0, 0.05) is 16.6 Å². The highest BCUT2D eigenvalue weighted by atomic mass is 79.9. The Balaban J connectivity index is 1.88. The standard InChI is InChI=1S/C15H20BrNO3/c1-2-20-15(19)11-5-7-17(8-6-11)10-12-9-13(16)3-4-14(12)18/h3-4,9,11,18H,2,5-8,10H2,1H3. The minimum absolute atomic E-state index is 0.0299. The lowest BCUT2D eigenvalue weighted by atomic mass is 9.96. The summed E-state index contributed by atoms with van der Waals surface area (Å²) in [5.74, 6) is 0.278. The van der Waals surface area contributed by atoms with Crippen LogP contribution in [0.25, 0.3) is 0 Å². The quantitative estimate of drug-likeness (QED) is 0.855. The summed E-state index contributed by atoms with van der Waals surface area (Å²) < 4.78 is 6.03. The fourth-order valence-corrected chi connectivity index (χ4v) is 2.92. The number of carbonyl (C=O) groups is 1. The Kier molecular flexibility index (Phi) is 5.43. The lowest BCUT2D eigenvalue weighted by Gasteiger charge is -2.30. The Morgan fingerprint density at radius 2 is 2.15 bits per heavy atom. The molecule has 0 spiro atoms. The van der Waals surface area contributed by atoms with Crippen LogP contribution in [0.4, 0.5) is 0 Å². The van der Waals surface area contributed by atoms with E-state index < -0.39 is 0 Å². The van der Waals surface area contributed by atoms with E-state index in [4.69, 9.17) is 4.74 Å². The summed E-state index contributed by atoms with van der Waals surface area (Å²) in [6.45, 7) is 4.71. The number of phenols is 1. The summed E-state index contributed by atoms with van der Waals surface area (Å²) in [5.41, 5.74) is 0.911. The molecule has 1 aromatic rings. The molecule has 1 fully saturated rings. The van der Waals surface area contributed by atoms with Crippen molar-refractivity contribution in [3.8, 4) is 5.75 Å². The molecule has 1 N–H and O–H groups in total. The number of phenolic OH excluding ortho intramolecular Hbond substituents is 1. The van der Waals surface area contributed by atoms with E-state index in [1.807, 2.05) is 19.1 Å². The molecule has 0 bridgehead atoms. The van der Waals surface area contributed by atoms with Gasteiger partial charge in [-0.15, -0.1) is 0 Å². The normalized spacial score (nSPS) is 17.1. The topological polar surface area (TPSA) is 49.8 Å². The summed E-state index contributed by atoms with van der Waals surface area (Å²) in [5, 5.41) is 9.85. The predicted octanol–water partition coefficient (Wildman–Crippen LogP) is 2.93. The highest BCUT2D eigenvalue weighted by Gasteiger charge is 2.26. The molecule has 1 saturated heterocycles. The molecule has 5 heteroatoms. The SMILES string of the molecule is CCOC(=O)C1CCN(Cc2cc(Br)ccc2O)CC1. The third-order valence-corrected chi connectivity index (χ3v) is 4.14. The Bertz CT molecular complexity index is 470. The molecular weight excluding hydrogens is 322 g/mol. The van der Waals surface area contributed by atoms with Crippen LogP contribution in [0, 0.1) is 5.92 Å². The number of benzene rings is 1. The zero-order valence-corrected chi connectivity index (χ0v) is 13.2. The van der Waals surface area contributed by atoms with Crippen LogP contribution in [-0.2, 0) is 16.1 Å². The summed E-state index contributed by atoms with van der Waals surface area (Å²) in [7, 11) is 0. The third-order valence-electron chi connectivity index (χ3n) is 3.64. The van der Waals surface area contributed by atoms with Crippen LogP contribution in [0.3, 0.4) is 0 Å². The summed E-state index contributed by atoms with van der Waals surface area (Å²) in [6.07, 6.45) is 1.65. The molecule has 1 aromatic carbocycles. The molecule has 2 rings (SSSR count). The average molecular weight is 342 g/mol. The van der Waals surface area contributed by atoms with Crippen molar-refractivity contribution in [3.63, 3.8) is 0 Å². The third kappa shape index (κ3) is 3.96. The van der Waals surface area contributed by atoms with Crippen molar-refractivity contribution < 1.29 is 14.6 Å². The second-order valence-electron chi connectivity index (χ2n) is 5.08. The van der Waals surface area contributed by atoms with Crippen LogP contribution < -0.4 is 0 Å². The molecule has 0 saturated carbocycles. The van der Waals surface area contributed by atoms with Crippen molar-refractivity contribution in [2.75, 3.05) is 19.7 Å². The highest BCUT2D eigenvalue weighted by Crippen LogP contribution is 2.26. The van der Waals surface area contributed by atoms with Crippen LogP contribution in [-0.4, -0.2) is 35.7 Å². The number of esters is 1. The number of carbonyl (C=O) groups excluding carboxylic acids is 1. The van der Waals surface area contributed by atoms with Crippen molar-refractivity contribution in [1.29, 1.82) is 0 Å². The second-order valence-corrected chi connectivity index (χ2v) is 5.99. The molecule has 20 heavy (non-hydrogen) atoms. The van der Waals surface area contributed by atoms with Gasteiger partial charge in [-0.1, -0.05) is 15.9 Å². The molecule has 0 aromatic heterocycles. The number of likely N-dealkylation sites (tertiary alicyclic amines) is 1. The van der Waals surface area contributed by atoms with Crippen LogP contribution in [0.1, 0.15) is 25.3 Å². The summed E-state index contributed by atoms with van der Waals surface area (Å²) in [6, 6.07) is 5.46. The first-order chi connectivity index (χ1) is 9.60. The van der Waals surface area contributed by atoms with Gasteiger partial charge >= 0.3 is 5.97 Å². The van der Waals surface area contributed by atoms with Crippen molar-refractivity contribution in [3.05, 3.63) is 28.2 Å². The van der Waals surface area contributed by atoms with Gasteiger partial charge in [0.2, 0.25) is 0 Å². The molecule has 110 valence electrons. The number of hydrogen-bond donors (Lipinski definition) is 1. The monoisotopic (exact) mass is 341 g/mol. The largest absolute Gasteiger partial charge is 0.508 e. The van der Waals surface area contributed by atoms with E-state index >= 15 is 0 Å². The van der Waals surface area contributed by atoms with Crippen LogP contribution in [0.5, 0.6) is 5.75 Å². The van der Waals surface area contributed by atoms with Crippen LogP contribution >= 0.6 is 15.9 Å². The fraction of sp³-hybridized carbons (Fsp3) is 0.533. The van der Waals surface area contributed by atoms with Gasteiger partial charge in [0.25, 0.3) is 0 Å². The van der Waals surface area contributed by atoms with Crippen LogP contribution in [0.15, 0.2) is 22.7 Å². The Labute approximate surface area is 127 Å². The molecule has 0 radical (unpaired) electrons. The van der Waals surface area contributed by atoms with Gasteiger partial charge < -0.3 is 9.84 Å². The first kappa shape index (κ1) is 15.3. The lowest BCUT2D eigenvalue weighted by Crippen LogP contribution is -2.36. The van der Waals surface area contributed by atoms with Gasteiger partial charge in [0.1, 0.15) is 5.75 Å². The lowest BCUT2D eigenvalue weighted by molar-refractivity contribution is -0.149. The number of piperidine rings is 1. The first-order valence-corrected chi connectivity index (χ1v) is 7.76. The maximum Gasteiger partial charge on any atom is 0.309 e. The number of rotatable bonds is 4. The van der Waals surface area contributed by atoms with E-state index in [-0.39, 0.29) is 11.9 Å². The van der Waals surface area contributed by atoms with Crippen molar-refractivity contribution in [2.45, 2.75) is 26.3 Å². The maximum absolute atomic E-state index is 11.7. The molecule has 0 atom stereocenters. The minimum atomic E-state index is -0.0718. The average Bonchev–Trinajstić information content (AvgIpc) is 2.44. The number of hydrogen-bond acceptors (Lipinski definition) is 4. The van der Waals surface area contributed by atoms with Gasteiger partial charge in [-0.05, 0) is 51.1 Å². The smallest absolute Gasteiger partial charge is 0.309 e. The Hall–Kier alpha value is -1.07. The summed E-state index contributed by atoms with van der Waals surface area (Å²) >= 11 is 3.42. The number of halogens is 1. The first-order valence-electron chi connectivity index (χ1n) is 6.96. The van der Waals surface area contributed by atoms with Crippen molar-refractivity contribution >= 4 is 21.9 Å². The zero-order valence-electron chi connectivity index (χ0n) is 11.6. The van der Waals surface area contributed by atoms with E-state index in [0.717, 1.165) is 36.0 Å². The number of ether oxygens (including phenoxy) is 1. The van der Waals surface area contributed by atoms with E-state index in [9.17, 15) is 9.90 Å². The molecule has 1 heterocycles. The minimum Gasteiger partial charge on any atom is -0.508 e. The molecule has 0 unspecified atom stereocenters. The molecular formula is C15H20BrNO3. The van der Waals surface area contributed by atoms with Crippen molar-refractivity contribution in [2.24, 2.45) is 5.92 Å². The van der Waals surface area contributed by atoms with Gasteiger partial charge in [0.15, 0.2) is 0 Å². The maximum atomic E-state index is 11.7. The van der Waals surface area contributed by atoms with E-state index in [1.165, 1.54) is 0 Å². The van der Waals surface area contributed by atoms with Gasteiger partial charge in [-0.25, -0.2) is 0 Å². The molecule has 0 amide bonds. The van der Waals surface area contributed by atoms with Gasteiger partial charge in [0.05, 0.1) is 12.5 Å². The Morgan fingerprint density at radius 1 is 1.45 bits per heavy atom. The van der Waals surface area contributed by atoms with Gasteiger partial charge in [-0.3, -0.25) is 9.69 Å². The highest BCUT2D eigenvalue weighted by molar-refractivity contribution is 9.10. The predicted molar refractivity (Wildman–Crippen MR) is 80.4 cm³/mol.